The maximum atomic E-state index is 13.6. The molecule has 0 saturated carbocycles. The zero-order chi connectivity index (χ0) is 24.2. The van der Waals surface area contributed by atoms with E-state index in [1.165, 1.54) is 11.0 Å². The number of nitro benzene ring substituents is 1. The van der Waals surface area contributed by atoms with E-state index in [1.54, 1.807) is 11.9 Å². The van der Waals surface area contributed by atoms with Crippen molar-refractivity contribution >= 4 is 23.2 Å². The summed E-state index contributed by atoms with van der Waals surface area (Å²) in [6.07, 6.45) is 1.25. The molecular weight excluding hydrogens is 443 g/mol. The van der Waals surface area contributed by atoms with E-state index in [0.29, 0.717) is 19.4 Å². The molecule has 1 atom stereocenters. The number of benzene rings is 2. The van der Waals surface area contributed by atoms with Crippen molar-refractivity contribution in [2.45, 2.75) is 19.3 Å². The SMILES string of the molecule is CN(CCCc1cc(-c2ccccc2)no1)C(=O)C1CC(=O)N(c2ccc(F)c([N+](=O)[O-])c2)C1. The van der Waals surface area contributed by atoms with Crippen LogP contribution in [0.3, 0.4) is 0 Å². The number of nitro groups is 1. The van der Waals surface area contributed by atoms with E-state index in [9.17, 15) is 24.1 Å². The van der Waals surface area contributed by atoms with Crippen LogP contribution in [0.1, 0.15) is 18.6 Å². The molecule has 1 saturated heterocycles. The zero-order valence-corrected chi connectivity index (χ0v) is 18.5. The third-order valence-electron chi connectivity index (χ3n) is 5.83. The highest BCUT2D eigenvalue weighted by Crippen LogP contribution is 2.30. The minimum Gasteiger partial charge on any atom is -0.361 e. The molecule has 1 fully saturated rings. The van der Waals surface area contributed by atoms with E-state index in [4.69, 9.17) is 4.52 Å². The van der Waals surface area contributed by atoms with Gasteiger partial charge in [-0.15, -0.1) is 0 Å². The Labute approximate surface area is 194 Å². The summed E-state index contributed by atoms with van der Waals surface area (Å²) in [5, 5.41) is 15.1. The highest BCUT2D eigenvalue weighted by molar-refractivity contribution is 6.00. The Kier molecular flexibility index (Phi) is 6.67. The van der Waals surface area contributed by atoms with Gasteiger partial charge in [0.15, 0.2) is 0 Å². The normalized spacial score (nSPS) is 15.5. The van der Waals surface area contributed by atoms with Crippen molar-refractivity contribution in [3.63, 3.8) is 0 Å². The van der Waals surface area contributed by atoms with E-state index in [1.807, 2.05) is 36.4 Å². The van der Waals surface area contributed by atoms with Crippen LogP contribution in [0.4, 0.5) is 15.8 Å². The Bertz CT molecular complexity index is 1210. The summed E-state index contributed by atoms with van der Waals surface area (Å²) in [7, 11) is 1.67. The average Bonchev–Trinajstić information content (AvgIpc) is 3.46. The molecule has 2 amide bonds. The lowest BCUT2D eigenvalue weighted by atomic mass is 10.1. The van der Waals surface area contributed by atoms with Crippen molar-refractivity contribution < 1.29 is 23.4 Å². The smallest absolute Gasteiger partial charge is 0.306 e. The highest BCUT2D eigenvalue weighted by Gasteiger charge is 2.37. The van der Waals surface area contributed by atoms with Gasteiger partial charge in [0, 0.05) is 50.7 Å². The first kappa shape index (κ1) is 23.1. The molecular formula is C24H23FN4O5. The zero-order valence-electron chi connectivity index (χ0n) is 18.5. The van der Waals surface area contributed by atoms with Gasteiger partial charge < -0.3 is 14.3 Å². The standard InChI is InChI=1S/C24H23FN4O5/c1-27(11-5-8-19-14-21(26-34-19)16-6-3-2-4-7-16)24(31)17-12-23(30)28(15-17)18-9-10-20(25)22(13-18)29(32)33/h2-4,6-7,9-10,13-14,17H,5,8,11-12,15H2,1H3. The number of anilines is 1. The van der Waals surface area contributed by atoms with Crippen LogP contribution < -0.4 is 4.90 Å². The Morgan fingerprint density at radius 2 is 2.03 bits per heavy atom. The molecule has 0 N–H and O–H groups in total. The number of amides is 2. The number of hydrogen-bond acceptors (Lipinski definition) is 6. The van der Waals surface area contributed by atoms with Gasteiger partial charge in [-0.3, -0.25) is 19.7 Å². The Hall–Kier alpha value is -4.08. The van der Waals surface area contributed by atoms with Crippen molar-refractivity contribution in [2.75, 3.05) is 25.0 Å². The Morgan fingerprint density at radius 1 is 1.26 bits per heavy atom. The number of nitrogens with zero attached hydrogens (tertiary/aromatic N) is 4. The second-order valence-electron chi connectivity index (χ2n) is 8.21. The maximum Gasteiger partial charge on any atom is 0.306 e. The molecule has 2 aromatic carbocycles. The molecule has 34 heavy (non-hydrogen) atoms. The number of aromatic nitrogens is 1. The van der Waals surface area contributed by atoms with Crippen molar-refractivity contribution in [1.29, 1.82) is 0 Å². The molecule has 9 nitrogen and oxygen atoms in total. The van der Waals surface area contributed by atoms with Crippen LogP contribution in [-0.4, -0.2) is 46.9 Å². The van der Waals surface area contributed by atoms with Gasteiger partial charge in [0.25, 0.3) is 0 Å². The predicted octanol–water partition coefficient (Wildman–Crippen LogP) is 3.83. The van der Waals surface area contributed by atoms with Crippen LogP contribution in [-0.2, 0) is 16.0 Å². The fraction of sp³-hybridized carbons (Fsp3) is 0.292. The molecule has 176 valence electrons. The van der Waals surface area contributed by atoms with E-state index in [0.717, 1.165) is 29.2 Å². The fourth-order valence-corrected chi connectivity index (χ4v) is 4.02. The Morgan fingerprint density at radius 3 is 2.76 bits per heavy atom. The summed E-state index contributed by atoms with van der Waals surface area (Å²) in [6, 6.07) is 14.8. The molecule has 0 spiro atoms. The number of carbonyl (C=O) groups excluding carboxylic acids is 2. The lowest BCUT2D eigenvalue weighted by Gasteiger charge is -2.21. The first-order valence-corrected chi connectivity index (χ1v) is 10.8. The maximum absolute atomic E-state index is 13.6. The van der Waals surface area contributed by atoms with Crippen molar-refractivity contribution in [3.8, 4) is 11.3 Å². The van der Waals surface area contributed by atoms with Gasteiger partial charge in [-0.2, -0.15) is 4.39 Å². The van der Waals surface area contributed by atoms with Gasteiger partial charge in [-0.05, 0) is 18.6 Å². The number of hydrogen-bond donors (Lipinski definition) is 0. The molecule has 1 aliphatic heterocycles. The molecule has 1 aromatic heterocycles. The first-order chi connectivity index (χ1) is 16.3. The minimum atomic E-state index is -0.976. The third-order valence-corrected chi connectivity index (χ3v) is 5.83. The average molecular weight is 466 g/mol. The second kappa shape index (κ2) is 9.82. The third kappa shape index (κ3) is 4.95. The topological polar surface area (TPSA) is 110 Å². The number of carbonyl (C=O) groups is 2. The fourth-order valence-electron chi connectivity index (χ4n) is 4.02. The van der Waals surface area contributed by atoms with Gasteiger partial charge in [0.05, 0.1) is 16.5 Å². The summed E-state index contributed by atoms with van der Waals surface area (Å²) >= 11 is 0. The monoisotopic (exact) mass is 466 g/mol. The largest absolute Gasteiger partial charge is 0.361 e. The lowest BCUT2D eigenvalue weighted by Crippen LogP contribution is -2.35. The number of halogens is 1. The molecule has 3 aromatic rings. The van der Waals surface area contributed by atoms with Crippen LogP contribution in [0.5, 0.6) is 0 Å². The van der Waals surface area contributed by atoms with Gasteiger partial charge in [-0.1, -0.05) is 35.5 Å². The van der Waals surface area contributed by atoms with Crippen LogP contribution in [0.15, 0.2) is 59.1 Å². The molecule has 2 heterocycles. The van der Waals surface area contributed by atoms with Crippen molar-refractivity contribution in [3.05, 3.63) is 76.3 Å². The van der Waals surface area contributed by atoms with Crippen LogP contribution in [0.25, 0.3) is 11.3 Å². The van der Waals surface area contributed by atoms with Gasteiger partial charge in [0.1, 0.15) is 11.5 Å². The minimum absolute atomic E-state index is 0.00309. The van der Waals surface area contributed by atoms with Crippen LogP contribution >= 0.6 is 0 Å². The molecule has 0 aliphatic carbocycles. The second-order valence-corrected chi connectivity index (χ2v) is 8.21. The molecule has 0 radical (unpaired) electrons. The molecule has 1 aliphatic rings. The van der Waals surface area contributed by atoms with E-state index >= 15 is 0 Å². The molecule has 4 rings (SSSR count). The molecule has 1 unspecified atom stereocenters. The summed E-state index contributed by atoms with van der Waals surface area (Å²) < 4.78 is 19.0. The number of rotatable bonds is 8. The quantitative estimate of drug-likeness (QED) is 0.369. The summed E-state index contributed by atoms with van der Waals surface area (Å²) in [4.78, 5) is 38.4. The first-order valence-electron chi connectivity index (χ1n) is 10.8. The molecule has 0 bridgehead atoms. The molecule has 10 heteroatoms. The Balaban J connectivity index is 1.31. The summed E-state index contributed by atoms with van der Waals surface area (Å²) in [5.41, 5.74) is 1.22. The summed E-state index contributed by atoms with van der Waals surface area (Å²) in [6.45, 7) is 0.556. The van der Waals surface area contributed by atoms with Gasteiger partial charge >= 0.3 is 5.69 Å². The predicted molar refractivity (Wildman–Crippen MR) is 121 cm³/mol. The van der Waals surface area contributed by atoms with Gasteiger partial charge in [-0.25, -0.2) is 0 Å². The van der Waals surface area contributed by atoms with E-state index < -0.39 is 22.3 Å². The van der Waals surface area contributed by atoms with Crippen molar-refractivity contribution in [1.82, 2.24) is 10.1 Å². The van der Waals surface area contributed by atoms with Crippen LogP contribution in [0, 0.1) is 21.8 Å². The van der Waals surface area contributed by atoms with Gasteiger partial charge in [0.2, 0.25) is 17.6 Å². The van der Waals surface area contributed by atoms with E-state index in [-0.39, 0.29) is 30.5 Å². The highest BCUT2D eigenvalue weighted by atomic mass is 19.1. The van der Waals surface area contributed by atoms with Crippen molar-refractivity contribution in [2.24, 2.45) is 5.92 Å². The van der Waals surface area contributed by atoms with Crippen LogP contribution in [0.2, 0.25) is 0 Å². The summed E-state index contributed by atoms with van der Waals surface area (Å²) in [5.74, 6) is -1.34. The lowest BCUT2D eigenvalue weighted by molar-refractivity contribution is -0.387. The number of aryl methyl sites for hydroxylation is 1. The van der Waals surface area contributed by atoms with E-state index in [2.05, 4.69) is 5.16 Å².